The predicted octanol–water partition coefficient (Wildman–Crippen LogP) is 0.906. The molecule has 2 rings (SSSR count). The summed E-state index contributed by atoms with van der Waals surface area (Å²) in [5.41, 5.74) is 5.34. The van der Waals surface area contributed by atoms with Gasteiger partial charge in [0.2, 0.25) is 11.8 Å². The molecule has 1 amide bonds. The summed E-state index contributed by atoms with van der Waals surface area (Å²) in [6, 6.07) is 0. The highest BCUT2D eigenvalue weighted by Crippen LogP contribution is 2.28. The Morgan fingerprint density at radius 1 is 1.55 bits per heavy atom. The average molecular weight is 282 g/mol. The quantitative estimate of drug-likeness (QED) is 0.803. The number of rotatable bonds is 6. The molecule has 1 aromatic rings. The number of nitrogens with one attached hydrogen (secondary N) is 1. The molecular weight excluding hydrogens is 260 g/mol. The molecule has 0 bridgehead atoms. The van der Waals surface area contributed by atoms with Crippen LogP contribution in [0, 0.1) is 5.92 Å². The molecule has 1 saturated carbocycles. The summed E-state index contributed by atoms with van der Waals surface area (Å²) in [6.45, 7) is 0.487. The number of aromatic nitrogens is 2. The van der Waals surface area contributed by atoms with Crippen molar-refractivity contribution in [2.45, 2.75) is 44.6 Å². The first-order valence-electron chi connectivity index (χ1n) is 7.05. The third kappa shape index (κ3) is 4.48. The van der Waals surface area contributed by atoms with Crippen LogP contribution in [0.25, 0.3) is 0 Å². The van der Waals surface area contributed by atoms with Gasteiger partial charge in [-0.1, -0.05) is 6.42 Å². The molecule has 2 atom stereocenters. The number of carbonyl (C=O) groups excluding carboxylic acids is 1. The van der Waals surface area contributed by atoms with Crippen molar-refractivity contribution in [1.29, 1.82) is 0 Å². The van der Waals surface area contributed by atoms with Gasteiger partial charge in [-0.15, -0.1) is 0 Å². The fourth-order valence-corrected chi connectivity index (χ4v) is 2.65. The normalized spacial score (nSPS) is 22.6. The molecular formula is C13H22N4O3. The van der Waals surface area contributed by atoms with Crippen molar-refractivity contribution in [3.8, 4) is 0 Å². The van der Waals surface area contributed by atoms with Crippen molar-refractivity contribution in [2.75, 3.05) is 19.4 Å². The predicted molar refractivity (Wildman–Crippen MR) is 72.8 cm³/mol. The number of ether oxygens (including phenoxy) is 1. The van der Waals surface area contributed by atoms with Gasteiger partial charge in [-0.25, -0.2) is 0 Å². The Morgan fingerprint density at radius 3 is 3.10 bits per heavy atom. The lowest BCUT2D eigenvalue weighted by molar-refractivity contribution is -0.122. The highest BCUT2D eigenvalue weighted by atomic mass is 16.5. The van der Waals surface area contributed by atoms with Crippen LogP contribution >= 0.6 is 0 Å². The summed E-state index contributed by atoms with van der Waals surface area (Å²) >= 11 is 0. The Labute approximate surface area is 118 Å². The van der Waals surface area contributed by atoms with Crippen molar-refractivity contribution in [2.24, 2.45) is 5.92 Å². The second kappa shape index (κ2) is 7.23. The Kier molecular flexibility index (Phi) is 5.34. The second-order valence-electron chi connectivity index (χ2n) is 5.24. The van der Waals surface area contributed by atoms with Crippen LogP contribution < -0.4 is 11.1 Å². The minimum Gasteiger partial charge on any atom is -0.381 e. The molecule has 1 aliphatic carbocycles. The van der Waals surface area contributed by atoms with E-state index < -0.39 is 0 Å². The van der Waals surface area contributed by atoms with Crippen LogP contribution in [-0.2, 0) is 16.0 Å². The summed E-state index contributed by atoms with van der Waals surface area (Å²) in [7, 11) is 1.74. The lowest BCUT2D eigenvalue weighted by atomic mass is 9.85. The van der Waals surface area contributed by atoms with Gasteiger partial charge < -0.3 is 20.3 Å². The van der Waals surface area contributed by atoms with E-state index in [2.05, 4.69) is 15.5 Å². The summed E-state index contributed by atoms with van der Waals surface area (Å²) in [5.74, 6) is 1.06. The van der Waals surface area contributed by atoms with Gasteiger partial charge in [0.25, 0.3) is 5.95 Å². The van der Waals surface area contributed by atoms with Crippen LogP contribution in [0.5, 0.6) is 0 Å². The summed E-state index contributed by atoms with van der Waals surface area (Å²) in [5, 5.41) is 6.36. The lowest BCUT2D eigenvalue weighted by Gasteiger charge is -2.27. The van der Waals surface area contributed by atoms with Crippen LogP contribution in [0.4, 0.5) is 5.95 Å². The van der Waals surface area contributed by atoms with Gasteiger partial charge >= 0.3 is 0 Å². The fraction of sp³-hybridized carbons (Fsp3) is 0.769. The number of amides is 1. The SMILES string of the molecule is COC1CCCC(CC(=O)NCCc2nc(N)no2)C1. The largest absolute Gasteiger partial charge is 0.381 e. The molecule has 7 heteroatoms. The molecule has 0 aliphatic heterocycles. The number of nitrogens with zero attached hydrogens (tertiary/aromatic N) is 2. The third-order valence-corrected chi connectivity index (χ3v) is 3.69. The van der Waals surface area contributed by atoms with E-state index in [1.54, 1.807) is 7.11 Å². The van der Waals surface area contributed by atoms with Gasteiger partial charge in [0.15, 0.2) is 0 Å². The van der Waals surface area contributed by atoms with Gasteiger partial charge in [-0.3, -0.25) is 4.79 Å². The van der Waals surface area contributed by atoms with E-state index in [4.69, 9.17) is 15.0 Å². The number of nitrogens with two attached hydrogens (primary N) is 1. The van der Waals surface area contributed by atoms with Gasteiger partial charge in [-0.2, -0.15) is 4.98 Å². The monoisotopic (exact) mass is 282 g/mol. The first-order chi connectivity index (χ1) is 9.67. The molecule has 0 radical (unpaired) electrons. The van der Waals surface area contributed by atoms with Gasteiger partial charge in [0.05, 0.1) is 6.10 Å². The number of methoxy groups -OCH3 is 1. The van der Waals surface area contributed by atoms with Crippen LogP contribution in [0.15, 0.2) is 4.52 Å². The van der Waals surface area contributed by atoms with E-state index >= 15 is 0 Å². The average Bonchev–Trinajstić information content (AvgIpc) is 2.84. The fourth-order valence-electron chi connectivity index (χ4n) is 2.65. The van der Waals surface area contributed by atoms with Crippen molar-refractivity contribution in [3.05, 3.63) is 5.89 Å². The van der Waals surface area contributed by atoms with Crippen LogP contribution in [-0.4, -0.2) is 35.8 Å². The maximum atomic E-state index is 11.9. The zero-order valence-electron chi connectivity index (χ0n) is 11.8. The maximum absolute atomic E-state index is 11.9. The second-order valence-corrected chi connectivity index (χ2v) is 5.24. The molecule has 1 aromatic heterocycles. The molecule has 20 heavy (non-hydrogen) atoms. The Bertz CT molecular complexity index is 435. The lowest BCUT2D eigenvalue weighted by Crippen LogP contribution is -2.30. The third-order valence-electron chi connectivity index (χ3n) is 3.69. The highest BCUT2D eigenvalue weighted by Gasteiger charge is 2.23. The van der Waals surface area contributed by atoms with E-state index in [-0.39, 0.29) is 11.9 Å². The number of nitrogen functional groups attached to an aromatic ring is 1. The molecule has 1 heterocycles. The Balaban J connectivity index is 1.65. The Morgan fingerprint density at radius 2 is 2.40 bits per heavy atom. The van der Waals surface area contributed by atoms with Crippen LogP contribution in [0.2, 0.25) is 0 Å². The first-order valence-corrected chi connectivity index (χ1v) is 7.05. The summed E-state index contributed by atoms with van der Waals surface area (Å²) < 4.78 is 10.2. The zero-order valence-corrected chi connectivity index (χ0v) is 11.8. The van der Waals surface area contributed by atoms with E-state index in [1.165, 1.54) is 0 Å². The minimum atomic E-state index is 0.0687. The van der Waals surface area contributed by atoms with Gasteiger partial charge in [0.1, 0.15) is 0 Å². The molecule has 3 N–H and O–H groups in total. The van der Waals surface area contributed by atoms with Crippen molar-refractivity contribution in [1.82, 2.24) is 15.5 Å². The summed E-state index contributed by atoms with van der Waals surface area (Å²) in [6.07, 6.45) is 5.69. The number of carbonyl (C=O) groups is 1. The van der Waals surface area contributed by atoms with Crippen molar-refractivity contribution in [3.63, 3.8) is 0 Å². The maximum Gasteiger partial charge on any atom is 0.260 e. The smallest absolute Gasteiger partial charge is 0.260 e. The molecule has 0 saturated heterocycles. The molecule has 0 spiro atoms. The number of hydrogen-bond acceptors (Lipinski definition) is 6. The van der Waals surface area contributed by atoms with E-state index in [9.17, 15) is 4.79 Å². The van der Waals surface area contributed by atoms with E-state index in [0.29, 0.717) is 37.3 Å². The molecule has 1 fully saturated rings. The highest BCUT2D eigenvalue weighted by molar-refractivity contribution is 5.76. The van der Waals surface area contributed by atoms with E-state index in [0.717, 1.165) is 25.7 Å². The van der Waals surface area contributed by atoms with Crippen molar-refractivity contribution >= 4 is 11.9 Å². The molecule has 1 aliphatic rings. The molecule has 0 aromatic carbocycles. The minimum absolute atomic E-state index is 0.0687. The van der Waals surface area contributed by atoms with Crippen molar-refractivity contribution < 1.29 is 14.1 Å². The topological polar surface area (TPSA) is 103 Å². The van der Waals surface area contributed by atoms with Crippen LogP contribution in [0.1, 0.15) is 38.0 Å². The van der Waals surface area contributed by atoms with Gasteiger partial charge in [0, 0.05) is 26.5 Å². The molecule has 2 unspecified atom stereocenters. The zero-order chi connectivity index (χ0) is 14.4. The van der Waals surface area contributed by atoms with E-state index in [1.807, 2.05) is 0 Å². The Hall–Kier alpha value is -1.63. The van der Waals surface area contributed by atoms with Gasteiger partial charge in [-0.05, 0) is 30.3 Å². The number of hydrogen-bond donors (Lipinski definition) is 2. The first kappa shape index (κ1) is 14.8. The molecule has 7 nitrogen and oxygen atoms in total. The summed E-state index contributed by atoms with van der Waals surface area (Å²) in [4.78, 5) is 15.7. The number of anilines is 1. The molecule has 112 valence electrons. The van der Waals surface area contributed by atoms with Crippen LogP contribution in [0.3, 0.4) is 0 Å². The standard InChI is InChI=1S/C13H22N4O3/c1-19-10-4-2-3-9(7-10)8-11(18)15-6-5-12-16-13(14)17-20-12/h9-10H,2-8H2,1H3,(H2,14,17)(H,15,18).